The summed E-state index contributed by atoms with van der Waals surface area (Å²) in [5, 5.41) is -0.141. The molecule has 1 unspecified atom stereocenters. The molecule has 0 bridgehead atoms. The van der Waals surface area contributed by atoms with Gasteiger partial charge in [0.1, 0.15) is 5.02 Å². The van der Waals surface area contributed by atoms with Crippen LogP contribution in [-0.4, -0.2) is 17.6 Å². The van der Waals surface area contributed by atoms with E-state index in [1.165, 1.54) is 6.20 Å². The van der Waals surface area contributed by atoms with Gasteiger partial charge in [-0.15, -0.1) is 0 Å². The molecular formula is C16H14ClNO4. The largest absolute Gasteiger partial charge is 0.421 e. The molecule has 6 heteroatoms. The van der Waals surface area contributed by atoms with Gasteiger partial charge in [-0.2, -0.15) is 0 Å². The van der Waals surface area contributed by atoms with E-state index >= 15 is 0 Å². The van der Waals surface area contributed by atoms with Gasteiger partial charge < -0.3 is 14.5 Å². The number of aromatic amines is 1. The summed E-state index contributed by atoms with van der Waals surface area (Å²) in [6.07, 6.45) is 2.97. The van der Waals surface area contributed by atoms with Crippen LogP contribution in [-0.2, 0) is 4.74 Å². The first-order chi connectivity index (χ1) is 10.7. The Bertz CT molecular complexity index is 736. The van der Waals surface area contributed by atoms with Gasteiger partial charge in [0.05, 0.1) is 11.7 Å². The third-order valence-electron chi connectivity index (χ3n) is 3.50. The van der Waals surface area contributed by atoms with E-state index in [1.807, 2.05) is 0 Å². The number of halogens is 1. The number of hydrogen-bond acceptors (Lipinski definition) is 4. The zero-order valence-corrected chi connectivity index (χ0v) is 12.4. The molecular weight excluding hydrogens is 306 g/mol. The maximum absolute atomic E-state index is 12.2. The molecule has 5 nitrogen and oxygen atoms in total. The van der Waals surface area contributed by atoms with Gasteiger partial charge in [0.25, 0.3) is 5.56 Å². The van der Waals surface area contributed by atoms with Crippen molar-refractivity contribution in [3.05, 3.63) is 63.0 Å². The first-order valence-corrected chi connectivity index (χ1v) is 7.34. The molecule has 1 saturated heterocycles. The number of esters is 1. The zero-order chi connectivity index (χ0) is 15.5. The molecule has 2 heterocycles. The van der Waals surface area contributed by atoms with Crippen LogP contribution < -0.4 is 10.3 Å². The number of carbonyl (C=O) groups is 1. The fourth-order valence-electron chi connectivity index (χ4n) is 2.39. The lowest BCUT2D eigenvalue weighted by Gasteiger charge is -2.15. The molecule has 1 fully saturated rings. The number of H-pyrrole nitrogens is 1. The molecule has 114 valence electrons. The van der Waals surface area contributed by atoms with Crippen LogP contribution in [0, 0.1) is 0 Å². The van der Waals surface area contributed by atoms with Crippen molar-refractivity contribution in [1.82, 2.24) is 4.98 Å². The van der Waals surface area contributed by atoms with E-state index in [1.54, 1.807) is 30.3 Å². The summed E-state index contributed by atoms with van der Waals surface area (Å²) in [6, 6.07) is 8.53. The van der Waals surface area contributed by atoms with E-state index in [0.717, 1.165) is 12.8 Å². The highest BCUT2D eigenvalue weighted by Gasteiger charge is 2.26. The number of carbonyl (C=O) groups excluding carboxylic acids is 1. The SMILES string of the molecule is O=C(Oc1c(C2CCCO2)c[nH]c(=O)c1Cl)c1ccccc1. The second kappa shape index (κ2) is 6.34. The topological polar surface area (TPSA) is 68.4 Å². The van der Waals surface area contributed by atoms with Crippen LogP contribution in [0.25, 0.3) is 0 Å². The quantitative estimate of drug-likeness (QED) is 0.883. The van der Waals surface area contributed by atoms with E-state index < -0.39 is 11.5 Å². The van der Waals surface area contributed by atoms with Gasteiger partial charge in [0.2, 0.25) is 0 Å². The number of ether oxygens (including phenoxy) is 2. The lowest BCUT2D eigenvalue weighted by Crippen LogP contribution is -2.16. The molecule has 1 atom stereocenters. The van der Waals surface area contributed by atoms with Crippen LogP contribution in [0.1, 0.15) is 34.9 Å². The molecule has 0 spiro atoms. The smallest absolute Gasteiger partial charge is 0.343 e. The number of rotatable bonds is 3. The first kappa shape index (κ1) is 14.8. The second-order valence-corrected chi connectivity index (χ2v) is 5.35. The molecule has 2 aromatic rings. The van der Waals surface area contributed by atoms with Crippen molar-refractivity contribution in [2.75, 3.05) is 6.61 Å². The summed E-state index contributed by atoms with van der Waals surface area (Å²) in [7, 11) is 0. The van der Waals surface area contributed by atoms with Crippen LogP contribution in [0.5, 0.6) is 5.75 Å². The Morgan fingerprint density at radius 2 is 2.09 bits per heavy atom. The minimum atomic E-state index is -0.563. The Morgan fingerprint density at radius 1 is 1.32 bits per heavy atom. The van der Waals surface area contributed by atoms with Gasteiger partial charge in [-0.3, -0.25) is 4.79 Å². The van der Waals surface area contributed by atoms with Crippen molar-refractivity contribution in [3.8, 4) is 5.75 Å². The number of aromatic nitrogens is 1. The average molecular weight is 320 g/mol. The summed E-state index contributed by atoms with van der Waals surface area (Å²) in [5.41, 5.74) is 0.475. The minimum absolute atomic E-state index is 0.0752. The number of benzene rings is 1. The van der Waals surface area contributed by atoms with Crippen molar-refractivity contribution >= 4 is 17.6 Å². The van der Waals surface area contributed by atoms with Crippen LogP contribution in [0.15, 0.2) is 41.3 Å². The zero-order valence-electron chi connectivity index (χ0n) is 11.7. The maximum Gasteiger partial charge on any atom is 0.343 e. The van der Waals surface area contributed by atoms with Crippen LogP contribution in [0.2, 0.25) is 5.02 Å². The number of hydrogen-bond donors (Lipinski definition) is 1. The third-order valence-corrected chi connectivity index (χ3v) is 3.84. The van der Waals surface area contributed by atoms with E-state index in [0.29, 0.717) is 17.7 Å². The van der Waals surface area contributed by atoms with Gasteiger partial charge in [-0.05, 0) is 25.0 Å². The Morgan fingerprint density at radius 3 is 2.77 bits per heavy atom. The van der Waals surface area contributed by atoms with Crippen LogP contribution in [0.3, 0.4) is 0 Å². The molecule has 0 saturated carbocycles. The summed E-state index contributed by atoms with van der Waals surface area (Å²) in [6.45, 7) is 0.632. The van der Waals surface area contributed by atoms with Crippen molar-refractivity contribution in [2.24, 2.45) is 0 Å². The molecule has 1 aromatic carbocycles. The lowest BCUT2D eigenvalue weighted by atomic mass is 10.1. The van der Waals surface area contributed by atoms with E-state index in [-0.39, 0.29) is 16.9 Å². The summed E-state index contributed by atoms with van der Waals surface area (Å²) in [5.74, 6) is -0.487. The highest BCUT2D eigenvalue weighted by molar-refractivity contribution is 6.32. The van der Waals surface area contributed by atoms with E-state index in [2.05, 4.69) is 4.98 Å². The summed E-state index contributed by atoms with van der Waals surface area (Å²) < 4.78 is 11.0. The average Bonchev–Trinajstić information content (AvgIpc) is 3.07. The standard InChI is InChI=1S/C16H14ClNO4/c17-13-14(22-16(20)10-5-2-1-3-6-10)11(9-18-15(13)19)12-7-4-8-21-12/h1-3,5-6,9,12H,4,7-8H2,(H,18,19). The molecule has 1 N–H and O–H groups in total. The van der Waals surface area contributed by atoms with Gasteiger partial charge in [0.15, 0.2) is 5.75 Å². The molecule has 1 aliphatic heterocycles. The molecule has 0 radical (unpaired) electrons. The fourth-order valence-corrected chi connectivity index (χ4v) is 2.60. The van der Waals surface area contributed by atoms with Gasteiger partial charge in [-0.1, -0.05) is 29.8 Å². The van der Waals surface area contributed by atoms with Gasteiger partial charge in [-0.25, -0.2) is 4.79 Å². The Hall–Kier alpha value is -2.11. The minimum Gasteiger partial charge on any atom is -0.421 e. The predicted molar refractivity (Wildman–Crippen MR) is 81.4 cm³/mol. The fraction of sp³-hybridized carbons (Fsp3) is 0.250. The molecule has 0 aliphatic carbocycles. The maximum atomic E-state index is 12.2. The summed E-state index contributed by atoms with van der Waals surface area (Å²) >= 11 is 6.03. The molecule has 1 aromatic heterocycles. The lowest BCUT2D eigenvalue weighted by molar-refractivity contribution is 0.0717. The van der Waals surface area contributed by atoms with Crippen molar-refractivity contribution in [2.45, 2.75) is 18.9 Å². The first-order valence-electron chi connectivity index (χ1n) is 6.96. The molecule has 3 rings (SSSR count). The van der Waals surface area contributed by atoms with Crippen LogP contribution in [0.4, 0.5) is 0 Å². The van der Waals surface area contributed by atoms with E-state index in [4.69, 9.17) is 21.1 Å². The third kappa shape index (κ3) is 2.91. The van der Waals surface area contributed by atoms with Crippen molar-refractivity contribution < 1.29 is 14.3 Å². The predicted octanol–water partition coefficient (Wildman–Crippen LogP) is 3.10. The van der Waals surface area contributed by atoms with Gasteiger partial charge >= 0.3 is 5.97 Å². The van der Waals surface area contributed by atoms with E-state index in [9.17, 15) is 9.59 Å². The number of pyridine rings is 1. The highest BCUT2D eigenvalue weighted by atomic mass is 35.5. The van der Waals surface area contributed by atoms with Crippen molar-refractivity contribution in [3.63, 3.8) is 0 Å². The number of nitrogens with one attached hydrogen (secondary N) is 1. The second-order valence-electron chi connectivity index (χ2n) is 4.97. The Balaban J connectivity index is 1.96. The monoisotopic (exact) mass is 319 g/mol. The molecule has 22 heavy (non-hydrogen) atoms. The Labute approximate surface area is 131 Å². The molecule has 0 amide bonds. The normalized spacial score (nSPS) is 17.4. The molecule has 1 aliphatic rings. The van der Waals surface area contributed by atoms with Gasteiger partial charge in [0, 0.05) is 18.4 Å². The highest BCUT2D eigenvalue weighted by Crippen LogP contribution is 2.37. The van der Waals surface area contributed by atoms with Crippen LogP contribution >= 0.6 is 11.6 Å². The summed E-state index contributed by atoms with van der Waals surface area (Å²) in [4.78, 5) is 26.5. The Kier molecular flexibility index (Phi) is 4.27. The van der Waals surface area contributed by atoms with Crippen molar-refractivity contribution in [1.29, 1.82) is 0 Å².